The van der Waals surface area contributed by atoms with Gasteiger partial charge in [0.05, 0.1) is 6.61 Å². The van der Waals surface area contributed by atoms with Crippen LogP contribution in [-0.2, 0) is 19.1 Å². The second-order valence-corrected chi connectivity index (χ2v) is 3.28. The molecule has 0 aromatic carbocycles. The molecule has 6 nitrogen and oxygen atoms in total. The summed E-state index contributed by atoms with van der Waals surface area (Å²) in [6.45, 7) is 6.92. The largest absolute Gasteiger partial charge is 0.478 e. The summed E-state index contributed by atoms with van der Waals surface area (Å²) in [5, 5.41) is 16.0. The van der Waals surface area contributed by atoms with Crippen LogP contribution >= 0.6 is 0 Å². The van der Waals surface area contributed by atoms with Gasteiger partial charge in [0.2, 0.25) is 0 Å². The Balaban J connectivity index is 0. The molecule has 0 rings (SSSR count). The van der Waals surface area contributed by atoms with Gasteiger partial charge in [0.25, 0.3) is 0 Å². The summed E-state index contributed by atoms with van der Waals surface area (Å²) in [7, 11) is 0. The molecule has 0 aliphatic carbocycles. The maximum absolute atomic E-state index is 10.6. The molecule has 0 bridgehead atoms. The molecule has 0 aromatic heterocycles. The predicted octanol–water partition coefficient (Wildman–Crippen LogP) is 1.62. The van der Waals surface area contributed by atoms with Crippen LogP contribution < -0.4 is 0 Å². The molecule has 0 saturated carbocycles. The maximum atomic E-state index is 10.6. The Bertz CT molecular complexity index is 317. The molecular weight excluding hydrogens is 240 g/mol. The van der Waals surface area contributed by atoms with Crippen LogP contribution in [0.5, 0.6) is 0 Å². The third kappa shape index (κ3) is 16.3. The van der Waals surface area contributed by atoms with E-state index in [1.165, 1.54) is 6.92 Å². The van der Waals surface area contributed by atoms with Crippen molar-refractivity contribution < 1.29 is 29.3 Å². The Kier molecular flexibility index (Phi) is 11.5. The van der Waals surface area contributed by atoms with E-state index in [0.717, 1.165) is 25.0 Å². The van der Waals surface area contributed by atoms with Gasteiger partial charge in [-0.15, -0.1) is 0 Å². The molecule has 102 valence electrons. The van der Waals surface area contributed by atoms with Crippen LogP contribution in [0.4, 0.5) is 0 Å². The monoisotopic (exact) mass is 258 g/mol. The van der Waals surface area contributed by atoms with Crippen molar-refractivity contribution >= 4 is 17.9 Å². The number of ether oxygens (including phenoxy) is 1. The minimum Gasteiger partial charge on any atom is -0.478 e. The summed E-state index contributed by atoms with van der Waals surface area (Å²) in [6.07, 6.45) is 3.40. The van der Waals surface area contributed by atoms with Crippen molar-refractivity contribution in [3.05, 3.63) is 24.3 Å². The van der Waals surface area contributed by atoms with Crippen molar-refractivity contribution in [2.24, 2.45) is 0 Å². The summed E-state index contributed by atoms with van der Waals surface area (Å²) >= 11 is 0. The number of esters is 1. The Hall–Kier alpha value is -2.11. The van der Waals surface area contributed by atoms with Gasteiger partial charge in [-0.25, -0.2) is 14.4 Å². The second kappa shape index (κ2) is 11.4. The Morgan fingerprint density at radius 2 is 1.72 bits per heavy atom. The van der Waals surface area contributed by atoms with Gasteiger partial charge in [0, 0.05) is 17.7 Å². The smallest absolute Gasteiger partial charge is 0.331 e. The lowest BCUT2D eigenvalue weighted by Crippen LogP contribution is -2.02. The van der Waals surface area contributed by atoms with E-state index in [2.05, 4.69) is 11.3 Å². The maximum Gasteiger partial charge on any atom is 0.331 e. The molecule has 0 saturated heterocycles. The van der Waals surface area contributed by atoms with Gasteiger partial charge in [0.15, 0.2) is 0 Å². The number of carbonyl (C=O) groups is 3. The fourth-order valence-electron chi connectivity index (χ4n) is 0.505. The molecule has 0 fully saturated rings. The number of rotatable bonds is 6. The van der Waals surface area contributed by atoms with Crippen molar-refractivity contribution in [3.63, 3.8) is 0 Å². The van der Waals surface area contributed by atoms with Crippen molar-refractivity contribution in [3.8, 4) is 0 Å². The van der Waals surface area contributed by atoms with E-state index >= 15 is 0 Å². The van der Waals surface area contributed by atoms with Gasteiger partial charge in [-0.1, -0.05) is 19.9 Å². The van der Waals surface area contributed by atoms with Crippen LogP contribution in [-0.4, -0.2) is 34.7 Å². The summed E-state index contributed by atoms with van der Waals surface area (Å²) in [5.41, 5.74) is 0.176. The van der Waals surface area contributed by atoms with Crippen molar-refractivity contribution in [2.75, 3.05) is 6.61 Å². The molecule has 0 radical (unpaired) electrons. The van der Waals surface area contributed by atoms with E-state index in [1.807, 2.05) is 6.92 Å². The molecule has 0 aromatic rings. The van der Waals surface area contributed by atoms with E-state index in [1.54, 1.807) is 0 Å². The highest BCUT2D eigenvalue weighted by Crippen LogP contribution is 1.89. The van der Waals surface area contributed by atoms with E-state index in [-0.39, 0.29) is 5.57 Å². The lowest BCUT2D eigenvalue weighted by molar-refractivity contribution is -0.138. The number of hydrogen-bond acceptors (Lipinski definition) is 4. The molecule has 2 N–H and O–H groups in total. The summed E-state index contributed by atoms with van der Waals surface area (Å²) in [5.74, 6) is -2.69. The first-order valence-electron chi connectivity index (χ1n) is 5.27. The van der Waals surface area contributed by atoms with Gasteiger partial charge in [-0.05, 0) is 13.3 Å². The number of carbonyl (C=O) groups excluding carboxylic acids is 1. The minimum absolute atomic E-state index is 0.176. The zero-order valence-electron chi connectivity index (χ0n) is 10.5. The highest BCUT2D eigenvalue weighted by Gasteiger charge is 1.96. The Morgan fingerprint density at radius 1 is 1.22 bits per heavy atom. The van der Waals surface area contributed by atoms with Gasteiger partial charge in [0.1, 0.15) is 0 Å². The van der Waals surface area contributed by atoms with Crippen LogP contribution in [0, 0.1) is 0 Å². The molecular formula is C12H18O6. The van der Waals surface area contributed by atoms with Crippen LogP contribution in [0.3, 0.4) is 0 Å². The first-order valence-corrected chi connectivity index (χ1v) is 5.27. The van der Waals surface area contributed by atoms with Crippen LogP contribution in [0.15, 0.2) is 24.3 Å². The molecule has 0 spiro atoms. The zero-order chi connectivity index (χ0) is 14.6. The lowest BCUT2D eigenvalue weighted by atomic mass is 10.4. The van der Waals surface area contributed by atoms with E-state index in [0.29, 0.717) is 6.61 Å². The highest BCUT2D eigenvalue weighted by molar-refractivity contribution is 5.90. The Morgan fingerprint density at radius 3 is 2.06 bits per heavy atom. The molecule has 6 heteroatoms. The summed E-state index contributed by atoms with van der Waals surface area (Å²) in [4.78, 5) is 30.2. The topological polar surface area (TPSA) is 101 Å². The molecule has 0 aliphatic rings. The minimum atomic E-state index is -1.15. The fourth-order valence-corrected chi connectivity index (χ4v) is 0.505. The van der Waals surface area contributed by atoms with E-state index in [4.69, 9.17) is 10.2 Å². The normalized spacial score (nSPS) is 9.22. The number of carboxylic acid groups (broad SMARTS) is 2. The third-order valence-corrected chi connectivity index (χ3v) is 1.47. The average Bonchev–Trinajstić information content (AvgIpc) is 2.27. The van der Waals surface area contributed by atoms with Gasteiger partial charge in [-0.3, -0.25) is 0 Å². The van der Waals surface area contributed by atoms with Crippen molar-refractivity contribution in [2.45, 2.75) is 26.7 Å². The van der Waals surface area contributed by atoms with Crippen molar-refractivity contribution in [1.82, 2.24) is 0 Å². The molecule has 18 heavy (non-hydrogen) atoms. The Labute approximate surface area is 106 Å². The number of carboxylic acids is 2. The number of aliphatic carboxylic acids is 2. The number of unbranched alkanes of at least 4 members (excludes halogenated alkanes) is 1. The van der Waals surface area contributed by atoms with Gasteiger partial charge >= 0.3 is 17.9 Å². The van der Waals surface area contributed by atoms with Crippen LogP contribution in [0.25, 0.3) is 0 Å². The van der Waals surface area contributed by atoms with Crippen molar-refractivity contribution in [1.29, 1.82) is 0 Å². The molecule has 0 heterocycles. The average molecular weight is 258 g/mol. The molecule has 0 aliphatic heterocycles. The summed E-state index contributed by atoms with van der Waals surface area (Å²) in [6, 6.07) is 0. The first kappa shape index (κ1) is 18.3. The first-order chi connectivity index (χ1) is 8.31. The zero-order valence-corrected chi connectivity index (χ0v) is 10.5. The van der Waals surface area contributed by atoms with E-state index < -0.39 is 17.9 Å². The quantitative estimate of drug-likeness (QED) is 0.426. The van der Waals surface area contributed by atoms with Gasteiger partial charge < -0.3 is 14.9 Å². The standard InChI is InChI=1S/C8H12O4.C4H6O2/c1-2-3-6-12-8(11)5-4-7(9)10;1-3(2)4(5)6/h4-5H,2-3,6H2,1H3,(H,9,10);1H2,2H3,(H,5,6)/b5-4-;. The van der Waals surface area contributed by atoms with Crippen LogP contribution in [0.2, 0.25) is 0 Å². The molecule has 0 atom stereocenters. The lowest BCUT2D eigenvalue weighted by Gasteiger charge is -1.97. The highest BCUT2D eigenvalue weighted by atomic mass is 16.5. The van der Waals surface area contributed by atoms with E-state index in [9.17, 15) is 14.4 Å². The predicted molar refractivity (Wildman–Crippen MR) is 65.1 cm³/mol. The third-order valence-electron chi connectivity index (χ3n) is 1.47. The van der Waals surface area contributed by atoms with Gasteiger partial charge in [-0.2, -0.15) is 0 Å². The molecule has 0 unspecified atom stereocenters. The van der Waals surface area contributed by atoms with Crippen LogP contribution in [0.1, 0.15) is 26.7 Å². The number of hydrogen-bond donors (Lipinski definition) is 2. The fraction of sp³-hybridized carbons (Fsp3) is 0.417. The SMILES string of the molecule is C=C(C)C(=O)O.CCCCOC(=O)/C=C\C(=O)O. The second-order valence-electron chi connectivity index (χ2n) is 3.28. The summed E-state index contributed by atoms with van der Waals surface area (Å²) < 4.78 is 4.64. The molecule has 0 amide bonds.